The molecule has 2 aromatic rings. The molecule has 1 amide bonds. The van der Waals surface area contributed by atoms with Crippen molar-refractivity contribution in [3.05, 3.63) is 57.9 Å². The Hall–Kier alpha value is -1.29. The number of amides is 1. The van der Waals surface area contributed by atoms with Crippen LogP contribution >= 0.6 is 43.4 Å². The maximum absolute atomic E-state index is 13.1. The molecule has 1 aromatic heterocycles. The van der Waals surface area contributed by atoms with Crippen molar-refractivity contribution in [2.75, 3.05) is 16.4 Å². The topological polar surface area (TPSA) is 67.2 Å². The van der Waals surface area contributed by atoms with Gasteiger partial charge < -0.3 is 0 Å². The van der Waals surface area contributed by atoms with Crippen molar-refractivity contribution >= 4 is 64.4 Å². The number of aryl methyl sites for hydroxylation is 1. The fourth-order valence-corrected chi connectivity index (χ4v) is 10.1. The Morgan fingerprint density at radius 3 is 2.88 bits per heavy atom. The van der Waals surface area contributed by atoms with E-state index in [0.717, 1.165) is 32.8 Å². The van der Waals surface area contributed by atoms with Crippen molar-refractivity contribution in [2.45, 2.75) is 10.3 Å². The monoisotopic (exact) mass is 485 g/mol. The molecule has 1 fully saturated rings. The van der Waals surface area contributed by atoms with E-state index in [1.807, 2.05) is 41.9 Å². The van der Waals surface area contributed by atoms with Crippen LogP contribution in [0, 0.1) is 6.92 Å². The number of thiophene rings is 1. The number of carbonyl (C=O) groups excluding carboxylic acids is 1. The zero-order valence-corrected chi connectivity index (χ0v) is 17.6. The van der Waals surface area contributed by atoms with Gasteiger partial charge in [0.05, 0.1) is 0 Å². The molecule has 0 spiro atoms. The van der Waals surface area contributed by atoms with Crippen LogP contribution in [0.25, 0.3) is 6.08 Å². The Balaban J connectivity index is 1.90. The van der Waals surface area contributed by atoms with E-state index in [-0.39, 0.29) is 7.34 Å². The summed E-state index contributed by atoms with van der Waals surface area (Å²) in [6.45, 7) is 2.76. The first-order valence-electron chi connectivity index (χ1n) is 7.78. The minimum absolute atomic E-state index is 0.128. The Labute approximate surface area is 164 Å². The van der Waals surface area contributed by atoms with E-state index in [2.05, 4.69) is 22.8 Å². The predicted molar refractivity (Wildman–Crippen MR) is 120 cm³/mol. The third kappa shape index (κ3) is 3.51. The fourth-order valence-electron chi connectivity index (χ4n) is 2.88. The van der Waals surface area contributed by atoms with Crippen molar-refractivity contribution < 1.29 is 4.79 Å². The minimum atomic E-state index is -2.14. The molecular formula is C18H20IN3OS2. The van der Waals surface area contributed by atoms with Gasteiger partial charge in [-0.1, -0.05) is 0 Å². The van der Waals surface area contributed by atoms with Gasteiger partial charge in [-0.2, -0.15) is 0 Å². The number of thiocarbonyl (C=S) groups is 1. The van der Waals surface area contributed by atoms with Gasteiger partial charge in [0.1, 0.15) is 0 Å². The molecule has 0 unspecified atom stereocenters. The number of nitrogens with two attached hydrogens (primary N) is 1. The summed E-state index contributed by atoms with van der Waals surface area (Å²) < 4.78 is 0.561. The van der Waals surface area contributed by atoms with Crippen LogP contribution in [0.3, 0.4) is 0 Å². The average molecular weight is 485 g/mol. The molecule has 3 rings (SSSR count). The van der Waals surface area contributed by atoms with Crippen molar-refractivity contribution in [3.63, 3.8) is 0 Å². The third-order valence-electron chi connectivity index (χ3n) is 4.18. The number of hydrogen-bond donors (Lipinski definition) is 3. The summed E-state index contributed by atoms with van der Waals surface area (Å²) in [6, 6.07) is 10.1. The first-order chi connectivity index (χ1) is 12.1. The molecule has 1 saturated heterocycles. The molecule has 2 heterocycles. The number of benzene rings is 1. The predicted octanol–water partition coefficient (Wildman–Crippen LogP) is 4.48. The molecule has 132 valence electrons. The summed E-state index contributed by atoms with van der Waals surface area (Å²) in [4.78, 5) is 14.3. The van der Waals surface area contributed by atoms with Crippen molar-refractivity contribution in [1.29, 1.82) is 0 Å². The summed E-state index contributed by atoms with van der Waals surface area (Å²) in [5.74, 6) is 0. The van der Waals surface area contributed by atoms with Gasteiger partial charge in [-0.15, -0.1) is 0 Å². The summed E-state index contributed by atoms with van der Waals surface area (Å²) in [6.07, 6.45) is 3.34. The first kappa shape index (κ1) is 18.5. The number of anilines is 1. The van der Waals surface area contributed by atoms with E-state index in [1.54, 1.807) is 11.3 Å². The fraction of sp³-hybridized carbons (Fsp3) is 0.222. The van der Waals surface area contributed by atoms with Crippen molar-refractivity contribution in [3.8, 4) is 0 Å². The summed E-state index contributed by atoms with van der Waals surface area (Å²) >= 11 is 4.88. The van der Waals surface area contributed by atoms with Gasteiger partial charge in [0.2, 0.25) is 0 Å². The van der Waals surface area contributed by atoms with Crippen LogP contribution in [0.5, 0.6) is 0 Å². The van der Waals surface area contributed by atoms with E-state index in [4.69, 9.17) is 18.0 Å². The molecule has 1 aromatic carbocycles. The Bertz CT molecular complexity index is 806. The molecule has 4 nitrogen and oxygen atoms in total. The van der Waals surface area contributed by atoms with Gasteiger partial charge >= 0.3 is 165 Å². The van der Waals surface area contributed by atoms with E-state index in [9.17, 15) is 4.79 Å². The van der Waals surface area contributed by atoms with E-state index in [1.165, 1.54) is 6.20 Å². The molecule has 1 aliphatic heterocycles. The van der Waals surface area contributed by atoms with Gasteiger partial charge in [0, 0.05) is 0 Å². The second-order valence-electron chi connectivity index (χ2n) is 5.65. The van der Waals surface area contributed by atoms with E-state index in [0.29, 0.717) is 0 Å². The Morgan fingerprint density at radius 2 is 2.20 bits per heavy atom. The summed E-state index contributed by atoms with van der Waals surface area (Å²) in [5.41, 5.74) is 8.50. The third-order valence-corrected chi connectivity index (χ3v) is 12.3. The number of carbonyl (C=O) groups is 1. The quantitative estimate of drug-likeness (QED) is 0.192. The standard InChI is InChI=1S/C18H20IN3OS2/c1-13-15(7-8-20)16(9-25-13)22-17(23)19-12-21-10-18(19,11-24)14-5-3-2-4-6-14/h2-9,11,21H,10,12,20H2,1H3,(H,22,23)/b8-7-/t18-/m1/s1. The molecule has 0 aliphatic carbocycles. The van der Waals surface area contributed by atoms with Gasteiger partial charge in [-0.25, -0.2) is 0 Å². The van der Waals surface area contributed by atoms with Crippen LogP contribution in [0.1, 0.15) is 16.0 Å². The van der Waals surface area contributed by atoms with E-state index < -0.39 is 19.8 Å². The number of alkyl halides is 2. The van der Waals surface area contributed by atoms with Crippen molar-refractivity contribution in [1.82, 2.24) is 5.32 Å². The van der Waals surface area contributed by atoms with Gasteiger partial charge in [0.25, 0.3) is 0 Å². The molecule has 0 bridgehead atoms. The zero-order valence-electron chi connectivity index (χ0n) is 13.8. The Kier molecular flexibility index (Phi) is 5.88. The molecule has 0 radical (unpaired) electrons. The van der Waals surface area contributed by atoms with E-state index >= 15 is 0 Å². The van der Waals surface area contributed by atoms with Crippen LogP contribution < -0.4 is 16.4 Å². The Morgan fingerprint density at radius 1 is 1.44 bits per heavy atom. The molecule has 0 saturated carbocycles. The van der Waals surface area contributed by atoms with Gasteiger partial charge in [0.15, 0.2) is 0 Å². The van der Waals surface area contributed by atoms with Crippen LogP contribution in [0.4, 0.5) is 10.5 Å². The number of rotatable bonds is 5. The summed E-state index contributed by atoms with van der Waals surface area (Å²) in [5, 5.41) is 10.3. The molecule has 7 heteroatoms. The first-order valence-corrected chi connectivity index (χ1v) is 12.8. The molecule has 4 N–H and O–H groups in total. The van der Waals surface area contributed by atoms with Gasteiger partial charge in [-0.3, -0.25) is 0 Å². The van der Waals surface area contributed by atoms with Crippen LogP contribution in [-0.4, -0.2) is 20.4 Å². The van der Waals surface area contributed by atoms with Crippen LogP contribution in [0.15, 0.2) is 41.9 Å². The molecule has 25 heavy (non-hydrogen) atoms. The van der Waals surface area contributed by atoms with Crippen LogP contribution in [-0.2, 0) is 3.42 Å². The van der Waals surface area contributed by atoms with Crippen molar-refractivity contribution in [2.24, 2.45) is 5.73 Å². The number of hydrogen-bond acceptors (Lipinski definition) is 5. The molecule has 1 atom stereocenters. The zero-order chi connectivity index (χ0) is 17.9. The van der Waals surface area contributed by atoms with Gasteiger partial charge in [-0.05, 0) is 0 Å². The molecular weight excluding hydrogens is 465 g/mol. The normalized spacial score (nSPS) is 21.6. The van der Waals surface area contributed by atoms with Crippen LogP contribution in [0.2, 0.25) is 0 Å². The SMILES string of the molecule is Cc1scc(NC(=O)I2CNC[C@@]2(C=S)c2ccccc2)c1/C=C\N. The maximum atomic E-state index is 13.1. The average Bonchev–Trinajstić information content (AvgIpc) is 3.22. The molecule has 1 aliphatic rings. The second kappa shape index (κ2) is 7.94. The number of nitrogens with one attached hydrogen (secondary N) is 2. The second-order valence-corrected chi connectivity index (χ2v) is 12.7. The summed E-state index contributed by atoms with van der Waals surface area (Å²) in [7, 11) is 0. The number of halogens is 1.